The van der Waals surface area contributed by atoms with Crippen LogP contribution < -0.4 is 0 Å². The van der Waals surface area contributed by atoms with E-state index in [9.17, 15) is 0 Å². The van der Waals surface area contributed by atoms with Crippen molar-refractivity contribution < 1.29 is 4.42 Å². The summed E-state index contributed by atoms with van der Waals surface area (Å²) in [5, 5.41) is 8.16. The number of benzene rings is 8. The maximum absolute atomic E-state index is 6.89. The third-order valence-corrected chi connectivity index (χ3v) is 12.2. The Bertz CT molecular complexity index is 3480. The lowest BCUT2D eigenvalue weighted by atomic mass is 10.0. The van der Waals surface area contributed by atoms with Crippen molar-refractivity contribution in [2.45, 2.75) is 0 Å². The molecule has 4 nitrogen and oxygen atoms in total. The molecule has 12 rings (SSSR count). The molecule has 0 N–H and O–H groups in total. The summed E-state index contributed by atoms with van der Waals surface area (Å²) >= 11 is 1.87. The van der Waals surface area contributed by atoms with E-state index in [4.69, 9.17) is 14.4 Å². The number of aromatic nitrogens is 3. The molecule has 8 aromatic carbocycles. The number of hydrogen-bond acceptors (Lipinski definition) is 4. The first kappa shape index (κ1) is 30.4. The van der Waals surface area contributed by atoms with Gasteiger partial charge in [0.2, 0.25) is 0 Å². The zero-order valence-corrected chi connectivity index (χ0v) is 30.2. The largest absolute Gasteiger partial charge is 0.454 e. The second-order valence-corrected chi connectivity index (χ2v) is 15.1. The molecule has 4 aromatic heterocycles. The van der Waals surface area contributed by atoms with Crippen LogP contribution in [-0.2, 0) is 0 Å². The molecule has 0 unspecified atom stereocenters. The number of thiophene rings is 1. The van der Waals surface area contributed by atoms with Crippen LogP contribution in [0.1, 0.15) is 0 Å². The van der Waals surface area contributed by atoms with E-state index in [1.807, 2.05) is 29.5 Å². The van der Waals surface area contributed by atoms with Crippen LogP contribution in [0, 0.1) is 0 Å². The second kappa shape index (κ2) is 11.7. The van der Waals surface area contributed by atoms with E-state index >= 15 is 0 Å². The van der Waals surface area contributed by atoms with Gasteiger partial charge < -0.3 is 8.98 Å². The van der Waals surface area contributed by atoms with Crippen molar-refractivity contribution in [2.24, 2.45) is 0 Å². The van der Waals surface area contributed by atoms with Crippen LogP contribution in [0.3, 0.4) is 0 Å². The van der Waals surface area contributed by atoms with Crippen molar-refractivity contribution in [3.63, 3.8) is 0 Å². The topological polar surface area (TPSA) is 43.9 Å². The first-order chi connectivity index (χ1) is 27.3. The van der Waals surface area contributed by atoms with Crippen molar-refractivity contribution in [2.75, 3.05) is 0 Å². The SMILES string of the molecule is c1ccc(-c2ccc(-c3nc(-c4cccc5oc6c(-n7c8ccccc8c8c9sc%10ccccc%10c9ccc87)cccc6c45)nc4ccccc34)cc2)cc1. The molecule has 0 aliphatic heterocycles. The maximum atomic E-state index is 6.89. The minimum Gasteiger partial charge on any atom is -0.454 e. The zero-order chi connectivity index (χ0) is 36.0. The van der Waals surface area contributed by atoms with Crippen LogP contribution in [0.4, 0.5) is 0 Å². The van der Waals surface area contributed by atoms with Crippen LogP contribution >= 0.6 is 11.3 Å². The molecule has 0 fully saturated rings. The summed E-state index contributed by atoms with van der Waals surface area (Å²) in [4.78, 5) is 10.5. The Hall–Kier alpha value is -7.08. The third-order valence-electron chi connectivity index (χ3n) is 11.0. The van der Waals surface area contributed by atoms with Crippen molar-refractivity contribution in [1.82, 2.24) is 14.5 Å². The second-order valence-electron chi connectivity index (χ2n) is 14.1. The highest BCUT2D eigenvalue weighted by molar-refractivity contribution is 7.26. The lowest BCUT2D eigenvalue weighted by Gasteiger charge is -2.11. The average Bonchev–Trinajstić information content (AvgIpc) is 3.93. The van der Waals surface area contributed by atoms with Crippen LogP contribution in [0.15, 0.2) is 180 Å². The normalized spacial score (nSPS) is 12.0. The molecule has 0 saturated carbocycles. The maximum Gasteiger partial charge on any atom is 0.161 e. The Morgan fingerprint density at radius 1 is 0.455 bits per heavy atom. The van der Waals surface area contributed by atoms with E-state index in [1.54, 1.807) is 0 Å². The number of para-hydroxylation sites is 3. The predicted molar refractivity (Wildman–Crippen MR) is 230 cm³/mol. The quantitative estimate of drug-likeness (QED) is 0.182. The Balaban J connectivity index is 1.08. The number of rotatable bonds is 4. The standard InChI is InChI=1S/C50H29N3OS/c1-2-12-30(13-3-1)31-24-26-32(27-25-31)47-35-15-4-7-19-39(35)51-50(52-47)38-18-11-22-43-45(38)37-17-10-21-42(48(37)54-43)53-40-20-8-5-16-36(40)46-41(53)29-28-34-33-14-6-9-23-44(33)55-49(34)46/h1-29H. The predicted octanol–water partition coefficient (Wildman–Crippen LogP) is 14.0. The zero-order valence-electron chi connectivity index (χ0n) is 29.4. The lowest BCUT2D eigenvalue weighted by Crippen LogP contribution is -1.96. The number of hydrogen-bond donors (Lipinski definition) is 0. The fourth-order valence-corrected chi connectivity index (χ4v) is 9.82. The summed E-state index contributed by atoms with van der Waals surface area (Å²) in [5.74, 6) is 0.670. The summed E-state index contributed by atoms with van der Waals surface area (Å²) in [7, 11) is 0. The van der Waals surface area contributed by atoms with Gasteiger partial charge in [0, 0.05) is 58.2 Å². The van der Waals surface area contributed by atoms with Gasteiger partial charge in [0.15, 0.2) is 11.4 Å². The van der Waals surface area contributed by atoms with E-state index in [-0.39, 0.29) is 0 Å². The molecule has 0 bridgehead atoms. The monoisotopic (exact) mass is 719 g/mol. The summed E-state index contributed by atoms with van der Waals surface area (Å²) in [6.07, 6.45) is 0. The van der Waals surface area contributed by atoms with Crippen LogP contribution in [-0.4, -0.2) is 14.5 Å². The molecule has 256 valence electrons. The van der Waals surface area contributed by atoms with Gasteiger partial charge in [-0.15, -0.1) is 11.3 Å². The first-order valence-electron chi connectivity index (χ1n) is 18.5. The Kier molecular flexibility index (Phi) is 6.47. The summed E-state index contributed by atoms with van der Waals surface area (Å²) in [6.45, 7) is 0. The van der Waals surface area contributed by atoms with E-state index in [2.05, 4.69) is 162 Å². The number of furan rings is 1. The molecule has 4 heterocycles. The van der Waals surface area contributed by atoms with E-state index in [0.717, 1.165) is 66.4 Å². The smallest absolute Gasteiger partial charge is 0.161 e. The molecular weight excluding hydrogens is 691 g/mol. The third kappa shape index (κ3) is 4.51. The minimum absolute atomic E-state index is 0.670. The summed E-state index contributed by atoms with van der Waals surface area (Å²) in [5.41, 5.74) is 11.1. The first-order valence-corrected chi connectivity index (χ1v) is 19.3. The average molecular weight is 720 g/mol. The Labute approximate surface area is 319 Å². The molecule has 0 saturated heterocycles. The van der Waals surface area contributed by atoms with Gasteiger partial charge >= 0.3 is 0 Å². The fraction of sp³-hybridized carbons (Fsp3) is 0. The summed E-state index contributed by atoms with van der Waals surface area (Å²) < 4.78 is 11.9. The molecule has 55 heavy (non-hydrogen) atoms. The van der Waals surface area contributed by atoms with Gasteiger partial charge in [0.1, 0.15) is 5.58 Å². The number of nitrogens with zero attached hydrogens (tertiary/aromatic N) is 3. The van der Waals surface area contributed by atoms with Crippen molar-refractivity contribution >= 4 is 86.2 Å². The summed E-state index contributed by atoms with van der Waals surface area (Å²) in [6, 6.07) is 62.1. The minimum atomic E-state index is 0.670. The van der Waals surface area contributed by atoms with Gasteiger partial charge in [-0.1, -0.05) is 140 Å². The highest BCUT2D eigenvalue weighted by Gasteiger charge is 2.22. The Morgan fingerprint density at radius 3 is 2.05 bits per heavy atom. The van der Waals surface area contributed by atoms with E-state index < -0.39 is 0 Å². The molecule has 0 atom stereocenters. The van der Waals surface area contributed by atoms with Gasteiger partial charge in [-0.3, -0.25) is 0 Å². The van der Waals surface area contributed by atoms with Crippen LogP contribution in [0.5, 0.6) is 0 Å². The molecule has 12 aromatic rings. The fourth-order valence-electron chi connectivity index (χ4n) is 8.56. The van der Waals surface area contributed by atoms with Gasteiger partial charge in [0.25, 0.3) is 0 Å². The van der Waals surface area contributed by atoms with Gasteiger partial charge in [-0.25, -0.2) is 9.97 Å². The van der Waals surface area contributed by atoms with Crippen LogP contribution in [0.2, 0.25) is 0 Å². The van der Waals surface area contributed by atoms with Gasteiger partial charge in [-0.2, -0.15) is 0 Å². The highest BCUT2D eigenvalue weighted by Crippen LogP contribution is 2.45. The molecule has 0 aliphatic carbocycles. The van der Waals surface area contributed by atoms with Crippen LogP contribution in [0.25, 0.3) is 114 Å². The number of fused-ring (bicyclic) bond motifs is 11. The van der Waals surface area contributed by atoms with Gasteiger partial charge in [0.05, 0.1) is 27.9 Å². The Morgan fingerprint density at radius 2 is 1.16 bits per heavy atom. The molecule has 0 radical (unpaired) electrons. The highest BCUT2D eigenvalue weighted by atomic mass is 32.1. The molecule has 0 spiro atoms. The van der Waals surface area contributed by atoms with E-state index in [1.165, 1.54) is 42.1 Å². The molecule has 0 aliphatic rings. The van der Waals surface area contributed by atoms with E-state index in [0.29, 0.717) is 5.82 Å². The van der Waals surface area contributed by atoms with Crippen molar-refractivity contribution in [3.05, 3.63) is 176 Å². The van der Waals surface area contributed by atoms with Gasteiger partial charge in [-0.05, 0) is 47.5 Å². The van der Waals surface area contributed by atoms with Crippen molar-refractivity contribution in [3.8, 4) is 39.5 Å². The molecule has 5 heteroatoms. The van der Waals surface area contributed by atoms with Crippen molar-refractivity contribution in [1.29, 1.82) is 0 Å². The molecule has 0 amide bonds. The lowest BCUT2D eigenvalue weighted by molar-refractivity contribution is 0.666. The molecular formula is C50H29N3OS.